The lowest BCUT2D eigenvalue weighted by Gasteiger charge is -2.05. The van der Waals surface area contributed by atoms with Crippen LogP contribution in [0.2, 0.25) is 0 Å². The Labute approximate surface area is 151 Å². The standard InChI is InChI=1S/C22H18N2O2/c1-24-17(12-10-16-5-3-8-20(26-2)22(16)24)11-9-15-13-14-23-21-18(15)6-4-7-19(21)25/h3-14H,1-2H3/p+1. The number of aromatic nitrogens is 2. The van der Waals surface area contributed by atoms with Crippen LogP contribution in [0, 0.1) is 0 Å². The van der Waals surface area contributed by atoms with Crippen LogP contribution in [0.5, 0.6) is 11.5 Å². The second-order valence-electron chi connectivity index (χ2n) is 6.12. The van der Waals surface area contributed by atoms with Crippen LogP contribution in [0.1, 0.15) is 11.3 Å². The molecular weight excluding hydrogens is 324 g/mol. The number of para-hydroxylation sites is 2. The van der Waals surface area contributed by atoms with Gasteiger partial charge >= 0.3 is 0 Å². The number of phenols is 1. The highest BCUT2D eigenvalue weighted by atomic mass is 16.5. The van der Waals surface area contributed by atoms with Crippen molar-refractivity contribution in [1.82, 2.24) is 4.98 Å². The van der Waals surface area contributed by atoms with Gasteiger partial charge in [-0.1, -0.05) is 18.2 Å². The summed E-state index contributed by atoms with van der Waals surface area (Å²) in [5, 5.41) is 12.0. The molecule has 2 aromatic heterocycles. The van der Waals surface area contributed by atoms with Gasteiger partial charge in [-0.2, -0.15) is 4.57 Å². The first-order chi connectivity index (χ1) is 12.7. The predicted molar refractivity (Wildman–Crippen MR) is 104 cm³/mol. The maximum atomic E-state index is 10.00. The van der Waals surface area contributed by atoms with E-state index in [4.69, 9.17) is 4.74 Å². The van der Waals surface area contributed by atoms with Crippen molar-refractivity contribution >= 4 is 34.0 Å². The lowest BCUT2D eigenvalue weighted by molar-refractivity contribution is -0.646. The molecule has 0 fully saturated rings. The molecular formula is C22H19N2O2+. The maximum Gasteiger partial charge on any atom is 0.255 e. The van der Waals surface area contributed by atoms with Gasteiger partial charge in [0.2, 0.25) is 5.69 Å². The van der Waals surface area contributed by atoms with Crippen molar-refractivity contribution in [3.8, 4) is 11.5 Å². The molecule has 0 amide bonds. The third kappa shape index (κ3) is 2.65. The molecule has 4 nitrogen and oxygen atoms in total. The number of hydrogen-bond acceptors (Lipinski definition) is 3. The van der Waals surface area contributed by atoms with E-state index in [1.165, 1.54) is 0 Å². The summed E-state index contributed by atoms with van der Waals surface area (Å²) in [5.41, 5.74) is 3.71. The van der Waals surface area contributed by atoms with E-state index < -0.39 is 0 Å². The Bertz CT molecular complexity index is 1150. The van der Waals surface area contributed by atoms with Crippen LogP contribution in [-0.4, -0.2) is 17.2 Å². The largest absolute Gasteiger partial charge is 0.506 e. The van der Waals surface area contributed by atoms with Crippen LogP contribution in [0.3, 0.4) is 0 Å². The number of aryl methyl sites for hydroxylation is 1. The molecule has 0 spiro atoms. The molecule has 0 aliphatic rings. The molecule has 4 rings (SSSR count). The topological polar surface area (TPSA) is 46.2 Å². The summed E-state index contributed by atoms with van der Waals surface area (Å²) in [6.07, 6.45) is 5.82. The first kappa shape index (κ1) is 16.1. The van der Waals surface area contributed by atoms with Crippen LogP contribution in [0.4, 0.5) is 0 Å². The molecule has 0 unspecified atom stereocenters. The van der Waals surface area contributed by atoms with Gasteiger partial charge < -0.3 is 9.84 Å². The fraction of sp³-hybridized carbons (Fsp3) is 0.0909. The molecule has 26 heavy (non-hydrogen) atoms. The number of hydrogen-bond donors (Lipinski definition) is 1. The Balaban J connectivity index is 1.83. The third-order valence-electron chi connectivity index (χ3n) is 4.62. The van der Waals surface area contributed by atoms with Gasteiger partial charge in [0.1, 0.15) is 18.3 Å². The van der Waals surface area contributed by atoms with E-state index in [1.54, 1.807) is 19.4 Å². The van der Waals surface area contributed by atoms with Gasteiger partial charge in [-0.25, -0.2) is 0 Å². The highest BCUT2D eigenvalue weighted by molar-refractivity contribution is 5.93. The van der Waals surface area contributed by atoms with Gasteiger partial charge in [0.05, 0.1) is 12.5 Å². The molecule has 2 aromatic carbocycles. The number of ether oxygens (including phenoxy) is 1. The lowest BCUT2D eigenvalue weighted by atomic mass is 10.1. The third-order valence-corrected chi connectivity index (χ3v) is 4.62. The Morgan fingerprint density at radius 1 is 1.00 bits per heavy atom. The first-order valence-electron chi connectivity index (χ1n) is 8.39. The summed E-state index contributed by atoms with van der Waals surface area (Å²) < 4.78 is 7.63. The molecule has 0 bridgehead atoms. The number of pyridine rings is 2. The van der Waals surface area contributed by atoms with Crippen molar-refractivity contribution < 1.29 is 14.4 Å². The highest BCUT2D eigenvalue weighted by Gasteiger charge is 2.14. The van der Waals surface area contributed by atoms with Gasteiger partial charge in [0, 0.05) is 23.7 Å². The fourth-order valence-corrected chi connectivity index (χ4v) is 3.28. The molecule has 0 aliphatic heterocycles. The molecule has 0 radical (unpaired) electrons. The highest BCUT2D eigenvalue weighted by Crippen LogP contribution is 2.26. The van der Waals surface area contributed by atoms with E-state index in [9.17, 15) is 5.11 Å². The summed E-state index contributed by atoms with van der Waals surface area (Å²) in [6.45, 7) is 0. The second kappa shape index (κ2) is 6.48. The van der Waals surface area contributed by atoms with Gasteiger partial charge in [0.25, 0.3) is 5.52 Å². The van der Waals surface area contributed by atoms with Gasteiger partial charge in [-0.05, 0) is 42.0 Å². The lowest BCUT2D eigenvalue weighted by Crippen LogP contribution is -2.33. The average molecular weight is 343 g/mol. The molecule has 4 heteroatoms. The second-order valence-corrected chi connectivity index (χ2v) is 6.12. The van der Waals surface area contributed by atoms with Crippen molar-refractivity contribution in [2.75, 3.05) is 7.11 Å². The van der Waals surface area contributed by atoms with Crippen molar-refractivity contribution in [3.05, 3.63) is 72.1 Å². The van der Waals surface area contributed by atoms with Crippen molar-refractivity contribution in [2.24, 2.45) is 7.05 Å². The monoisotopic (exact) mass is 343 g/mol. The van der Waals surface area contributed by atoms with Crippen LogP contribution < -0.4 is 9.30 Å². The van der Waals surface area contributed by atoms with Gasteiger partial charge in [-0.3, -0.25) is 4.98 Å². The zero-order valence-corrected chi connectivity index (χ0v) is 14.7. The fourth-order valence-electron chi connectivity index (χ4n) is 3.28. The summed E-state index contributed by atoms with van der Waals surface area (Å²) in [5.74, 6) is 1.04. The molecule has 0 atom stereocenters. The zero-order chi connectivity index (χ0) is 18.1. The van der Waals surface area contributed by atoms with Crippen LogP contribution in [0.25, 0.3) is 34.0 Å². The molecule has 0 aliphatic carbocycles. The van der Waals surface area contributed by atoms with Crippen molar-refractivity contribution in [2.45, 2.75) is 0 Å². The number of rotatable bonds is 3. The van der Waals surface area contributed by atoms with Gasteiger partial charge in [0.15, 0.2) is 5.75 Å². The molecule has 0 saturated carbocycles. The van der Waals surface area contributed by atoms with Gasteiger partial charge in [-0.15, -0.1) is 0 Å². The maximum absolute atomic E-state index is 10.00. The number of methoxy groups -OCH3 is 1. The quantitative estimate of drug-likeness (QED) is 0.570. The minimum absolute atomic E-state index is 0.193. The van der Waals surface area contributed by atoms with Crippen molar-refractivity contribution in [3.63, 3.8) is 0 Å². The Hall–Kier alpha value is -3.40. The van der Waals surface area contributed by atoms with E-state index >= 15 is 0 Å². The molecule has 2 heterocycles. The Morgan fingerprint density at radius 3 is 2.69 bits per heavy atom. The van der Waals surface area contributed by atoms with E-state index in [0.29, 0.717) is 5.52 Å². The molecule has 1 N–H and O–H groups in total. The van der Waals surface area contributed by atoms with E-state index in [2.05, 4.69) is 33.8 Å². The number of aromatic hydroxyl groups is 1. The number of nitrogens with zero attached hydrogens (tertiary/aromatic N) is 2. The predicted octanol–water partition coefficient (Wildman–Crippen LogP) is 4.10. The van der Waals surface area contributed by atoms with Crippen LogP contribution in [-0.2, 0) is 7.05 Å². The summed E-state index contributed by atoms with van der Waals surface area (Å²) in [4.78, 5) is 4.27. The van der Waals surface area contributed by atoms with Crippen LogP contribution >= 0.6 is 0 Å². The van der Waals surface area contributed by atoms with Crippen LogP contribution in [0.15, 0.2) is 60.8 Å². The summed E-state index contributed by atoms with van der Waals surface area (Å²) in [6, 6.07) is 17.6. The van der Waals surface area contributed by atoms with E-state index in [-0.39, 0.29) is 5.75 Å². The SMILES string of the molecule is COc1cccc2ccc(/C=C/c3ccnc4c(O)cccc34)[n+](C)c12. The zero-order valence-electron chi connectivity index (χ0n) is 14.7. The Kier molecular flexibility index (Phi) is 4.01. The smallest absolute Gasteiger partial charge is 0.255 e. The first-order valence-corrected chi connectivity index (χ1v) is 8.39. The summed E-state index contributed by atoms with van der Waals surface area (Å²) in [7, 11) is 3.72. The molecule has 4 aromatic rings. The van der Waals surface area contributed by atoms with Crippen molar-refractivity contribution in [1.29, 1.82) is 0 Å². The average Bonchev–Trinajstić information content (AvgIpc) is 2.67. The molecule has 0 saturated heterocycles. The van der Waals surface area contributed by atoms with E-state index in [0.717, 1.165) is 33.3 Å². The minimum atomic E-state index is 0.193. The number of fused-ring (bicyclic) bond motifs is 2. The minimum Gasteiger partial charge on any atom is -0.506 e. The normalized spacial score (nSPS) is 11.5. The van der Waals surface area contributed by atoms with E-state index in [1.807, 2.05) is 43.5 Å². The molecule has 128 valence electrons. The number of phenolic OH excluding ortho intramolecular Hbond substituents is 1. The Morgan fingerprint density at radius 2 is 1.85 bits per heavy atom. The number of benzene rings is 2. The summed E-state index contributed by atoms with van der Waals surface area (Å²) >= 11 is 0.